The van der Waals surface area contributed by atoms with Crippen molar-refractivity contribution in [3.63, 3.8) is 0 Å². The lowest BCUT2D eigenvalue weighted by Gasteiger charge is -2.25. The van der Waals surface area contributed by atoms with Gasteiger partial charge in [0.1, 0.15) is 0 Å². The minimum absolute atomic E-state index is 0.0178. The average molecular weight is 700 g/mol. The summed E-state index contributed by atoms with van der Waals surface area (Å²) in [6.45, 7) is 1.40. The average Bonchev–Trinajstić information content (AvgIpc) is 3.41. The van der Waals surface area contributed by atoms with E-state index in [4.69, 9.17) is 30.5 Å². The van der Waals surface area contributed by atoms with Crippen LogP contribution >= 0.6 is 22.9 Å². The molecule has 1 atom stereocenters. The van der Waals surface area contributed by atoms with Gasteiger partial charge in [0, 0.05) is 11.1 Å². The van der Waals surface area contributed by atoms with Gasteiger partial charge < -0.3 is 29.4 Å². The Bertz CT molecular complexity index is 2340. The topological polar surface area (TPSA) is 138 Å². The Labute approximate surface area is 288 Å². The van der Waals surface area contributed by atoms with E-state index in [9.17, 15) is 19.5 Å². The summed E-state index contributed by atoms with van der Waals surface area (Å²) in [6.07, 6.45) is 1.67. The van der Waals surface area contributed by atoms with Gasteiger partial charge in [0.25, 0.3) is 11.5 Å². The highest BCUT2D eigenvalue weighted by Crippen LogP contribution is 2.40. The third-order valence-corrected chi connectivity index (χ3v) is 9.19. The second kappa shape index (κ2) is 13.9. The van der Waals surface area contributed by atoms with Crippen LogP contribution in [0.25, 0.3) is 16.8 Å². The molecule has 0 fully saturated rings. The second-order valence-electron chi connectivity index (χ2n) is 10.9. The van der Waals surface area contributed by atoms with Crippen LogP contribution in [-0.4, -0.2) is 49.5 Å². The highest BCUT2D eigenvalue weighted by molar-refractivity contribution is 7.07. The Balaban J connectivity index is 1.31. The van der Waals surface area contributed by atoms with Crippen LogP contribution in [0.2, 0.25) is 5.02 Å². The number of phenolic OH excluding ortho intramolecular Hbond substituents is 1. The maximum absolute atomic E-state index is 14.0. The quantitative estimate of drug-likeness (QED) is 0.206. The molecule has 1 aliphatic heterocycles. The fourth-order valence-corrected chi connectivity index (χ4v) is 6.89. The van der Waals surface area contributed by atoms with Crippen molar-refractivity contribution in [1.82, 2.24) is 4.57 Å². The predicted molar refractivity (Wildman–Crippen MR) is 187 cm³/mol. The van der Waals surface area contributed by atoms with Crippen LogP contribution in [0, 0.1) is 0 Å². The molecule has 0 bridgehead atoms. The van der Waals surface area contributed by atoms with Gasteiger partial charge >= 0.3 is 5.97 Å². The number of allylic oxidation sites excluding steroid dienone is 1. The van der Waals surface area contributed by atoms with E-state index < -0.39 is 17.6 Å². The van der Waals surface area contributed by atoms with Gasteiger partial charge in [-0.05, 0) is 59.8 Å². The first-order valence-corrected chi connectivity index (χ1v) is 16.1. The number of rotatable bonds is 9. The molecule has 0 saturated heterocycles. The first-order chi connectivity index (χ1) is 23.6. The van der Waals surface area contributed by atoms with Crippen molar-refractivity contribution in [3.05, 3.63) is 120 Å². The van der Waals surface area contributed by atoms with Gasteiger partial charge in [-0.1, -0.05) is 65.4 Å². The maximum atomic E-state index is 14.0. The number of amides is 1. The number of nitrogens with one attached hydrogen (secondary N) is 1. The Morgan fingerprint density at radius 3 is 2.51 bits per heavy atom. The summed E-state index contributed by atoms with van der Waals surface area (Å²) in [6, 6.07) is 20.5. The summed E-state index contributed by atoms with van der Waals surface area (Å²) in [5, 5.41) is 15.1. The van der Waals surface area contributed by atoms with Crippen LogP contribution in [0.4, 0.5) is 5.69 Å². The van der Waals surface area contributed by atoms with E-state index in [0.717, 1.165) is 22.1 Å². The fourth-order valence-electron chi connectivity index (χ4n) is 5.62. The minimum Gasteiger partial charge on any atom is -0.503 e. The molecule has 2 N–H and O–H groups in total. The summed E-state index contributed by atoms with van der Waals surface area (Å²) in [7, 11) is 4.09. The number of hydrogen-bond acceptors (Lipinski definition) is 10. The molecule has 5 aromatic rings. The molecule has 4 aromatic carbocycles. The number of fused-ring (bicyclic) bond motifs is 2. The molecule has 2 heterocycles. The third-order valence-electron chi connectivity index (χ3n) is 7.92. The zero-order chi connectivity index (χ0) is 34.8. The SMILES string of the molecule is COC(=O)C1=C(C)N=c2s/c(=C/c3ccc(OCC(=O)Nc4cccc5ccccc45)c(OC)c3)c(=O)n2[C@H]1c1cc(Cl)c(O)c(OC)c1. The van der Waals surface area contributed by atoms with E-state index in [-0.39, 0.29) is 34.6 Å². The Kier molecular flexibility index (Phi) is 9.43. The molecule has 1 aliphatic rings. The van der Waals surface area contributed by atoms with Gasteiger partial charge in [0.15, 0.2) is 34.4 Å². The molecule has 49 heavy (non-hydrogen) atoms. The lowest BCUT2D eigenvalue weighted by Crippen LogP contribution is -2.39. The van der Waals surface area contributed by atoms with E-state index in [1.165, 1.54) is 38.0 Å². The zero-order valence-corrected chi connectivity index (χ0v) is 28.3. The van der Waals surface area contributed by atoms with Crippen molar-refractivity contribution in [2.45, 2.75) is 13.0 Å². The number of anilines is 1. The highest BCUT2D eigenvalue weighted by Gasteiger charge is 2.34. The van der Waals surface area contributed by atoms with Gasteiger partial charge in [-0.3, -0.25) is 14.2 Å². The number of esters is 1. The molecule has 0 spiro atoms. The number of phenols is 1. The van der Waals surface area contributed by atoms with E-state index in [1.807, 2.05) is 42.5 Å². The largest absolute Gasteiger partial charge is 0.503 e. The monoisotopic (exact) mass is 699 g/mol. The number of carbonyl (C=O) groups is 2. The molecule has 1 aromatic heterocycles. The van der Waals surface area contributed by atoms with Gasteiger partial charge in [-0.15, -0.1) is 0 Å². The number of ether oxygens (including phenoxy) is 4. The molecule has 6 rings (SSSR count). The summed E-state index contributed by atoms with van der Waals surface area (Å²) < 4.78 is 23.4. The van der Waals surface area contributed by atoms with Crippen LogP contribution in [0.5, 0.6) is 23.0 Å². The van der Waals surface area contributed by atoms with Gasteiger partial charge in [-0.2, -0.15) is 0 Å². The molecule has 0 unspecified atom stereocenters. The number of hydrogen-bond donors (Lipinski definition) is 2. The van der Waals surface area contributed by atoms with Crippen molar-refractivity contribution in [2.24, 2.45) is 4.99 Å². The van der Waals surface area contributed by atoms with Gasteiger partial charge in [-0.25, -0.2) is 9.79 Å². The molecule has 0 aliphatic carbocycles. The lowest BCUT2D eigenvalue weighted by atomic mass is 9.95. The first-order valence-electron chi connectivity index (χ1n) is 14.9. The number of halogens is 1. The number of nitrogens with zero attached hydrogens (tertiary/aromatic N) is 2. The second-order valence-corrected chi connectivity index (χ2v) is 12.3. The third kappa shape index (κ3) is 6.48. The first kappa shape index (κ1) is 33.3. The highest BCUT2D eigenvalue weighted by atomic mass is 35.5. The number of methoxy groups -OCH3 is 3. The summed E-state index contributed by atoms with van der Waals surface area (Å²) in [5.74, 6) is -0.517. The molecular weight excluding hydrogens is 670 g/mol. The standard InChI is InChI=1S/C36H30ClN3O8S/c1-19-31(35(44)47-4)32(22-16-24(37)33(42)28(17-22)46-3)40-34(43)29(49-36(40)38-19)15-20-12-13-26(27(14-20)45-2)48-18-30(41)39-25-11-7-9-21-8-5-6-10-23(21)25/h5-17,32,42H,18H2,1-4H3,(H,39,41)/b29-15+/t32-/m0/s1. The summed E-state index contributed by atoms with van der Waals surface area (Å²) in [4.78, 5) is 44.7. The van der Waals surface area contributed by atoms with Crippen molar-refractivity contribution in [1.29, 1.82) is 0 Å². The molecule has 250 valence electrons. The van der Waals surface area contributed by atoms with Gasteiger partial charge in [0.2, 0.25) is 0 Å². The number of aromatic hydroxyl groups is 1. The van der Waals surface area contributed by atoms with Crippen LogP contribution < -0.4 is 34.4 Å². The molecule has 0 saturated carbocycles. The molecule has 0 radical (unpaired) electrons. The Hall–Kier alpha value is -5.59. The predicted octanol–water partition coefficient (Wildman–Crippen LogP) is 4.96. The molecular formula is C36H30ClN3O8S. The molecule has 13 heteroatoms. The summed E-state index contributed by atoms with van der Waals surface area (Å²) >= 11 is 7.45. The van der Waals surface area contributed by atoms with E-state index in [1.54, 1.807) is 31.2 Å². The van der Waals surface area contributed by atoms with Crippen LogP contribution in [0.3, 0.4) is 0 Å². The summed E-state index contributed by atoms with van der Waals surface area (Å²) in [5.41, 5.74) is 1.78. The van der Waals surface area contributed by atoms with Crippen molar-refractivity contribution >= 4 is 57.4 Å². The maximum Gasteiger partial charge on any atom is 0.338 e. The number of benzene rings is 4. The number of aromatic nitrogens is 1. The van der Waals surface area contributed by atoms with E-state index in [0.29, 0.717) is 43.3 Å². The smallest absolute Gasteiger partial charge is 0.338 e. The van der Waals surface area contributed by atoms with Gasteiger partial charge in [0.05, 0.1) is 48.2 Å². The normalized spacial score (nSPS) is 14.2. The van der Waals surface area contributed by atoms with Crippen LogP contribution in [0.1, 0.15) is 24.1 Å². The Morgan fingerprint density at radius 2 is 1.76 bits per heavy atom. The fraction of sp³-hybridized carbons (Fsp3) is 0.167. The molecule has 1 amide bonds. The van der Waals surface area contributed by atoms with Crippen molar-refractivity contribution in [2.75, 3.05) is 33.3 Å². The van der Waals surface area contributed by atoms with E-state index in [2.05, 4.69) is 10.3 Å². The van der Waals surface area contributed by atoms with Crippen LogP contribution in [0.15, 0.2) is 93.9 Å². The number of thiazole rings is 1. The Morgan fingerprint density at radius 1 is 1.00 bits per heavy atom. The van der Waals surface area contributed by atoms with Crippen molar-refractivity contribution < 1.29 is 33.6 Å². The molecule has 11 nitrogen and oxygen atoms in total. The lowest BCUT2D eigenvalue weighted by molar-refractivity contribution is -0.136. The van der Waals surface area contributed by atoms with Crippen LogP contribution in [-0.2, 0) is 14.3 Å². The zero-order valence-electron chi connectivity index (χ0n) is 26.8. The number of carbonyl (C=O) groups excluding carboxylic acids is 2. The minimum atomic E-state index is -0.969. The van der Waals surface area contributed by atoms with E-state index >= 15 is 0 Å². The van der Waals surface area contributed by atoms with Crippen molar-refractivity contribution in [3.8, 4) is 23.0 Å².